The monoisotopic (exact) mass is 647 g/mol. The number of carbonyl (C=O) groups is 1. The first kappa shape index (κ1) is 24.3. The van der Waals surface area contributed by atoms with Gasteiger partial charge in [-0.25, -0.2) is 9.78 Å². The molecule has 0 fully saturated rings. The van der Waals surface area contributed by atoms with Crippen molar-refractivity contribution < 1.29 is 14.6 Å². The third-order valence-electron chi connectivity index (χ3n) is 4.90. The predicted octanol–water partition coefficient (Wildman–Crippen LogP) is 6.15. The molecule has 4 aromatic rings. The number of rotatable bonds is 6. The van der Waals surface area contributed by atoms with Crippen LogP contribution in [0.3, 0.4) is 0 Å². The quantitative estimate of drug-likeness (QED) is 0.253. The van der Waals surface area contributed by atoms with E-state index in [1.165, 1.54) is 16.8 Å². The molecule has 0 bridgehead atoms. The predicted molar refractivity (Wildman–Crippen MR) is 141 cm³/mol. The van der Waals surface area contributed by atoms with Crippen LogP contribution in [0, 0.1) is 6.92 Å². The van der Waals surface area contributed by atoms with Gasteiger partial charge in [-0.3, -0.25) is 4.79 Å². The molecule has 0 unspecified atom stereocenters. The van der Waals surface area contributed by atoms with Crippen molar-refractivity contribution in [2.24, 2.45) is 5.10 Å². The zero-order valence-corrected chi connectivity index (χ0v) is 22.4. The Kier molecular flexibility index (Phi) is 7.30. The third kappa shape index (κ3) is 5.29. The van der Waals surface area contributed by atoms with Crippen LogP contribution in [0.15, 0.2) is 77.9 Å². The minimum Gasteiger partial charge on any atom is -0.487 e. The van der Waals surface area contributed by atoms with Gasteiger partial charge in [0.15, 0.2) is 0 Å². The van der Waals surface area contributed by atoms with E-state index in [1.807, 2.05) is 18.2 Å². The average molecular weight is 650 g/mol. The summed E-state index contributed by atoms with van der Waals surface area (Å²) < 4.78 is 9.35. The number of fused-ring (bicyclic) bond motifs is 1. The molecule has 0 amide bonds. The molecule has 0 atom stereocenters. The highest BCUT2D eigenvalue weighted by Gasteiger charge is 2.11. The first-order chi connectivity index (χ1) is 16.2. The second-order valence-electron chi connectivity index (χ2n) is 7.29. The van der Waals surface area contributed by atoms with Gasteiger partial charge in [-0.2, -0.15) is 9.78 Å². The zero-order chi connectivity index (χ0) is 24.4. The maximum atomic E-state index is 12.9. The van der Waals surface area contributed by atoms with Crippen LogP contribution >= 0.6 is 47.8 Å². The largest absolute Gasteiger partial charge is 0.487 e. The number of nitrogens with zero attached hydrogens (tertiary/aromatic N) is 3. The maximum Gasteiger partial charge on any atom is 0.335 e. The molecular weight excluding hydrogens is 634 g/mol. The molecular formula is C24H16Br3N3O4. The molecule has 0 aliphatic rings. The molecule has 7 nitrogen and oxygen atoms in total. The number of hydrogen-bond acceptors (Lipinski definition) is 5. The SMILES string of the molecule is Cc1nc2ccc(Br)cc2c(=O)n1N=Cc1cc(Br)c(OCc2ccc(C(=O)O)cc2)c(Br)c1. The van der Waals surface area contributed by atoms with Crippen molar-refractivity contribution in [1.29, 1.82) is 0 Å². The Labute approximate surface area is 219 Å². The number of aryl methyl sites for hydroxylation is 1. The van der Waals surface area contributed by atoms with Crippen molar-refractivity contribution in [3.8, 4) is 5.75 Å². The zero-order valence-electron chi connectivity index (χ0n) is 17.6. The highest BCUT2D eigenvalue weighted by atomic mass is 79.9. The fraction of sp³-hybridized carbons (Fsp3) is 0.0833. The van der Waals surface area contributed by atoms with Gasteiger partial charge in [0.1, 0.15) is 18.2 Å². The third-order valence-corrected chi connectivity index (χ3v) is 6.57. The summed E-state index contributed by atoms with van der Waals surface area (Å²) in [6.07, 6.45) is 1.57. The van der Waals surface area contributed by atoms with E-state index in [0.29, 0.717) is 31.4 Å². The molecule has 34 heavy (non-hydrogen) atoms. The van der Waals surface area contributed by atoms with Gasteiger partial charge in [-0.05, 0) is 92.4 Å². The van der Waals surface area contributed by atoms with Gasteiger partial charge in [0, 0.05) is 4.47 Å². The maximum absolute atomic E-state index is 12.9. The molecule has 172 valence electrons. The molecule has 3 aromatic carbocycles. The van der Waals surface area contributed by atoms with Crippen molar-refractivity contribution in [2.75, 3.05) is 0 Å². The van der Waals surface area contributed by atoms with E-state index in [0.717, 1.165) is 15.6 Å². The molecule has 4 rings (SSSR count). The standard InChI is InChI=1S/C24H16Br3N3O4/c1-13-29-21-7-6-17(25)10-18(21)23(31)30(13)28-11-15-8-19(26)22(20(27)9-15)34-12-14-2-4-16(5-3-14)24(32)33/h2-11H,12H2,1H3,(H,32,33). The second kappa shape index (κ2) is 10.2. The van der Waals surface area contributed by atoms with Gasteiger partial charge in [-0.1, -0.05) is 28.1 Å². The number of hydrogen-bond donors (Lipinski definition) is 1. The van der Waals surface area contributed by atoms with Gasteiger partial charge in [0.05, 0.1) is 31.6 Å². The lowest BCUT2D eigenvalue weighted by Crippen LogP contribution is -2.20. The summed E-state index contributed by atoms with van der Waals surface area (Å²) in [4.78, 5) is 28.4. The molecule has 1 aromatic heterocycles. The van der Waals surface area contributed by atoms with Crippen LogP contribution in [0.5, 0.6) is 5.75 Å². The van der Waals surface area contributed by atoms with Crippen molar-refractivity contribution in [3.63, 3.8) is 0 Å². The Morgan fingerprint density at radius 1 is 1.09 bits per heavy atom. The molecule has 1 N–H and O–H groups in total. The van der Waals surface area contributed by atoms with Crippen LogP contribution in [0.1, 0.15) is 27.3 Å². The topological polar surface area (TPSA) is 93.8 Å². The van der Waals surface area contributed by atoms with Crippen LogP contribution in [0.25, 0.3) is 10.9 Å². The van der Waals surface area contributed by atoms with Crippen LogP contribution in [-0.2, 0) is 6.61 Å². The van der Waals surface area contributed by atoms with E-state index in [1.54, 1.807) is 37.4 Å². The van der Waals surface area contributed by atoms with Crippen LogP contribution in [-0.4, -0.2) is 27.0 Å². The summed E-state index contributed by atoms with van der Waals surface area (Å²) in [7, 11) is 0. The van der Waals surface area contributed by atoms with E-state index in [2.05, 4.69) is 57.9 Å². The van der Waals surface area contributed by atoms with Crippen molar-refractivity contribution >= 4 is 70.9 Å². The fourth-order valence-corrected chi connectivity index (χ4v) is 5.02. The minimum atomic E-state index is -0.972. The van der Waals surface area contributed by atoms with E-state index in [9.17, 15) is 9.59 Å². The number of benzene rings is 3. The Balaban J connectivity index is 1.56. The second-order valence-corrected chi connectivity index (χ2v) is 9.91. The normalized spacial score (nSPS) is 11.3. The van der Waals surface area contributed by atoms with E-state index >= 15 is 0 Å². The molecule has 0 radical (unpaired) electrons. The van der Waals surface area contributed by atoms with Crippen LogP contribution in [0.4, 0.5) is 0 Å². The molecule has 0 saturated heterocycles. The molecule has 1 heterocycles. The average Bonchev–Trinajstić information content (AvgIpc) is 2.79. The molecule has 0 spiro atoms. The Hall–Kier alpha value is -2.82. The summed E-state index contributed by atoms with van der Waals surface area (Å²) in [5, 5.41) is 13.8. The van der Waals surface area contributed by atoms with Gasteiger partial charge in [-0.15, -0.1) is 0 Å². The summed E-state index contributed by atoms with van der Waals surface area (Å²) in [5.74, 6) is 0.0908. The van der Waals surface area contributed by atoms with E-state index < -0.39 is 5.97 Å². The molecule has 10 heteroatoms. The van der Waals surface area contributed by atoms with Gasteiger partial charge < -0.3 is 9.84 Å². The first-order valence-corrected chi connectivity index (χ1v) is 12.3. The Bertz CT molecular complexity index is 1480. The van der Waals surface area contributed by atoms with Crippen LogP contribution < -0.4 is 10.3 Å². The highest BCUT2D eigenvalue weighted by Crippen LogP contribution is 2.35. The number of aromatic nitrogens is 2. The van der Waals surface area contributed by atoms with Crippen molar-refractivity contribution in [1.82, 2.24) is 9.66 Å². The van der Waals surface area contributed by atoms with E-state index in [-0.39, 0.29) is 17.7 Å². The van der Waals surface area contributed by atoms with E-state index in [4.69, 9.17) is 9.84 Å². The Morgan fingerprint density at radius 2 is 1.76 bits per heavy atom. The Morgan fingerprint density at radius 3 is 2.41 bits per heavy atom. The smallest absolute Gasteiger partial charge is 0.335 e. The minimum absolute atomic E-state index is 0.221. The number of aromatic carboxylic acids is 1. The molecule has 0 aliphatic heterocycles. The van der Waals surface area contributed by atoms with Crippen molar-refractivity contribution in [3.05, 3.63) is 101 Å². The number of carboxylic acid groups (broad SMARTS) is 1. The van der Waals surface area contributed by atoms with Gasteiger partial charge >= 0.3 is 5.97 Å². The lowest BCUT2D eigenvalue weighted by Gasteiger charge is -2.12. The number of ether oxygens (including phenoxy) is 1. The summed E-state index contributed by atoms with van der Waals surface area (Å²) in [5.41, 5.74) is 2.14. The van der Waals surface area contributed by atoms with Crippen LogP contribution in [0.2, 0.25) is 0 Å². The summed E-state index contributed by atoms with van der Waals surface area (Å²) in [6, 6.07) is 15.5. The van der Waals surface area contributed by atoms with Crippen molar-refractivity contribution in [2.45, 2.75) is 13.5 Å². The highest BCUT2D eigenvalue weighted by molar-refractivity contribution is 9.11. The fourth-order valence-electron chi connectivity index (χ4n) is 3.21. The number of halogens is 3. The first-order valence-electron chi connectivity index (χ1n) is 9.90. The number of carboxylic acids is 1. The van der Waals surface area contributed by atoms with Gasteiger partial charge in [0.2, 0.25) is 0 Å². The molecule has 0 saturated carbocycles. The summed E-state index contributed by atoms with van der Waals surface area (Å²) >= 11 is 10.4. The summed E-state index contributed by atoms with van der Waals surface area (Å²) in [6.45, 7) is 1.99. The lowest BCUT2D eigenvalue weighted by molar-refractivity contribution is 0.0697. The lowest BCUT2D eigenvalue weighted by atomic mass is 10.1. The molecule has 0 aliphatic carbocycles. The van der Waals surface area contributed by atoms with Gasteiger partial charge in [0.25, 0.3) is 5.56 Å².